The summed E-state index contributed by atoms with van der Waals surface area (Å²) >= 11 is 0. The molecule has 1 unspecified atom stereocenters. The van der Waals surface area contributed by atoms with Crippen LogP contribution in [0, 0.1) is 11.3 Å². The number of hydrogen-bond acceptors (Lipinski definition) is 3. The van der Waals surface area contributed by atoms with Gasteiger partial charge in [-0.25, -0.2) is 0 Å². The highest BCUT2D eigenvalue weighted by Gasteiger charge is 2.23. The van der Waals surface area contributed by atoms with Gasteiger partial charge in [0.2, 0.25) is 11.8 Å². The van der Waals surface area contributed by atoms with E-state index < -0.39 is 0 Å². The first kappa shape index (κ1) is 18.0. The van der Waals surface area contributed by atoms with Crippen molar-refractivity contribution in [2.75, 3.05) is 33.2 Å². The monoisotopic (exact) mass is 297 g/mol. The summed E-state index contributed by atoms with van der Waals surface area (Å²) < 4.78 is 0. The summed E-state index contributed by atoms with van der Waals surface area (Å²) in [6, 6.07) is 0. The molecule has 5 nitrogen and oxygen atoms in total. The molecule has 122 valence electrons. The Kier molecular flexibility index (Phi) is 7.15. The van der Waals surface area contributed by atoms with Gasteiger partial charge >= 0.3 is 0 Å². The second-order valence-electron chi connectivity index (χ2n) is 7.02. The summed E-state index contributed by atoms with van der Waals surface area (Å²) in [5, 5.41) is 6.08. The van der Waals surface area contributed by atoms with Crippen LogP contribution in [0.25, 0.3) is 0 Å². The third kappa shape index (κ3) is 6.46. The summed E-state index contributed by atoms with van der Waals surface area (Å²) in [7, 11) is 1.96. The van der Waals surface area contributed by atoms with E-state index in [0.29, 0.717) is 25.3 Å². The number of rotatable bonds is 6. The number of nitrogens with one attached hydrogen (secondary N) is 2. The minimum atomic E-state index is -0.364. The highest BCUT2D eigenvalue weighted by atomic mass is 16.2. The van der Waals surface area contributed by atoms with Gasteiger partial charge in [-0.3, -0.25) is 9.59 Å². The third-order valence-electron chi connectivity index (χ3n) is 3.90. The van der Waals surface area contributed by atoms with E-state index in [-0.39, 0.29) is 17.2 Å². The second-order valence-corrected chi connectivity index (χ2v) is 7.02. The van der Waals surface area contributed by atoms with Gasteiger partial charge in [-0.2, -0.15) is 0 Å². The molecule has 2 amide bonds. The lowest BCUT2D eigenvalue weighted by Gasteiger charge is -2.32. The summed E-state index contributed by atoms with van der Waals surface area (Å²) in [4.78, 5) is 25.9. The first-order valence-electron chi connectivity index (χ1n) is 8.05. The summed E-state index contributed by atoms with van der Waals surface area (Å²) in [6.45, 7) is 8.98. The number of likely N-dealkylation sites (tertiary alicyclic amines) is 1. The lowest BCUT2D eigenvalue weighted by atomic mass is 9.95. The molecule has 0 aromatic carbocycles. The molecule has 0 aromatic heterocycles. The highest BCUT2D eigenvalue weighted by molar-refractivity contribution is 5.81. The number of nitrogens with zero attached hydrogens (tertiary/aromatic N) is 1. The molecule has 0 spiro atoms. The Bertz CT molecular complexity index is 348. The lowest BCUT2D eigenvalue weighted by Crippen LogP contribution is -2.42. The Morgan fingerprint density at radius 2 is 2.00 bits per heavy atom. The lowest BCUT2D eigenvalue weighted by molar-refractivity contribution is -0.133. The van der Waals surface area contributed by atoms with Gasteiger partial charge in [-0.05, 0) is 38.8 Å². The molecule has 21 heavy (non-hydrogen) atoms. The van der Waals surface area contributed by atoms with E-state index in [0.717, 1.165) is 26.1 Å². The van der Waals surface area contributed by atoms with Gasteiger partial charge in [0.25, 0.3) is 0 Å². The molecule has 1 aliphatic heterocycles. The molecule has 1 heterocycles. The van der Waals surface area contributed by atoms with E-state index in [1.54, 1.807) is 0 Å². The van der Waals surface area contributed by atoms with Crippen molar-refractivity contribution < 1.29 is 9.59 Å². The van der Waals surface area contributed by atoms with E-state index in [1.165, 1.54) is 6.42 Å². The van der Waals surface area contributed by atoms with Crippen molar-refractivity contribution in [1.29, 1.82) is 0 Å². The Hall–Kier alpha value is -1.10. The van der Waals surface area contributed by atoms with E-state index >= 15 is 0 Å². The predicted octanol–water partition coefficient (Wildman–Crippen LogP) is 1.39. The van der Waals surface area contributed by atoms with Crippen LogP contribution in [0.1, 0.15) is 46.5 Å². The molecule has 1 aliphatic rings. The molecular weight excluding hydrogens is 266 g/mol. The molecule has 5 heteroatoms. The van der Waals surface area contributed by atoms with Gasteiger partial charge < -0.3 is 15.5 Å². The van der Waals surface area contributed by atoms with Gasteiger partial charge in [-0.1, -0.05) is 20.8 Å². The quantitative estimate of drug-likeness (QED) is 0.728. The van der Waals surface area contributed by atoms with Crippen molar-refractivity contribution in [3.05, 3.63) is 0 Å². The smallest absolute Gasteiger partial charge is 0.225 e. The SMILES string of the molecule is CNCC1CCCN(C(=O)CCCNC(=O)C(C)(C)C)C1. The fourth-order valence-corrected chi connectivity index (χ4v) is 2.61. The molecule has 1 atom stereocenters. The Morgan fingerprint density at radius 3 is 2.62 bits per heavy atom. The van der Waals surface area contributed by atoms with E-state index in [2.05, 4.69) is 10.6 Å². The molecule has 0 aromatic rings. The Morgan fingerprint density at radius 1 is 1.29 bits per heavy atom. The number of amides is 2. The molecule has 0 radical (unpaired) electrons. The van der Waals surface area contributed by atoms with Crippen molar-refractivity contribution in [3.8, 4) is 0 Å². The fraction of sp³-hybridized carbons (Fsp3) is 0.875. The normalized spacial score (nSPS) is 19.4. The van der Waals surface area contributed by atoms with Crippen molar-refractivity contribution >= 4 is 11.8 Å². The van der Waals surface area contributed by atoms with Gasteiger partial charge in [0.1, 0.15) is 0 Å². The summed E-state index contributed by atoms with van der Waals surface area (Å²) in [5.41, 5.74) is -0.364. The topological polar surface area (TPSA) is 61.4 Å². The van der Waals surface area contributed by atoms with Crippen molar-refractivity contribution in [2.24, 2.45) is 11.3 Å². The maximum atomic E-state index is 12.2. The Labute approximate surface area is 128 Å². The predicted molar refractivity (Wildman–Crippen MR) is 84.9 cm³/mol. The van der Waals surface area contributed by atoms with Crippen LogP contribution in [0.2, 0.25) is 0 Å². The number of hydrogen-bond donors (Lipinski definition) is 2. The standard InChI is InChI=1S/C16H31N3O2/c1-16(2,3)15(21)18-9-5-8-14(20)19-10-6-7-13(12-19)11-17-4/h13,17H,5-12H2,1-4H3,(H,18,21). The van der Waals surface area contributed by atoms with E-state index in [1.807, 2.05) is 32.7 Å². The third-order valence-corrected chi connectivity index (χ3v) is 3.90. The average Bonchev–Trinajstić information content (AvgIpc) is 2.42. The van der Waals surface area contributed by atoms with Crippen LogP contribution in [0.4, 0.5) is 0 Å². The zero-order valence-corrected chi connectivity index (χ0v) is 14.0. The Balaban J connectivity index is 2.23. The van der Waals surface area contributed by atoms with Crippen LogP contribution in [-0.4, -0.2) is 49.9 Å². The molecule has 0 saturated carbocycles. The van der Waals surface area contributed by atoms with E-state index in [9.17, 15) is 9.59 Å². The van der Waals surface area contributed by atoms with Crippen LogP contribution in [0.15, 0.2) is 0 Å². The zero-order chi connectivity index (χ0) is 15.9. The largest absolute Gasteiger partial charge is 0.356 e. The molecule has 1 fully saturated rings. The van der Waals surface area contributed by atoms with Crippen LogP contribution >= 0.6 is 0 Å². The summed E-state index contributed by atoms with van der Waals surface area (Å²) in [6.07, 6.45) is 3.54. The maximum absolute atomic E-state index is 12.2. The first-order valence-corrected chi connectivity index (χ1v) is 8.05. The fourth-order valence-electron chi connectivity index (χ4n) is 2.61. The average molecular weight is 297 g/mol. The minimum Gasteiger partial charge on any atom is -0.356 e. The molecule has 1 rings (SSSR count). The van der Waals surface area contributed by atoms with Crippen LogP contribution < -0.4 is 10.6 Å². The molecule has 0 aliphatic carbocycles. The number of piperidine rings is 1. The van der Waals surface area contributed by atoms with Gasteiger partial charge in [0, 0.05) is 31.5 Å². The number of carbonyl (C=O) groups is 2. The van der Waals surface area contributed by atoms with Crippen molar-refractivity contribution in [3.63, 3.8) is 0 Å². The van der Waals surface area contributed by atoms with E-state index in [4.69, 9.17) is 0 Å². The van der Waals surface area contributed by atoms with Gasteiger partial charge in [0.05, 0.1) is 0 Å². The zero-order valence-electron chi connectivity index (χ0n) is 14.0. The molecule has 1 saturated heterocycles. The van der Waals surface area contributed by atoms with Gasteiger partial charge in [-0.15, -0.1) is 0 Å². The molecule has 0 bridgehead atoms. The van der Waals surface area contributed by atoms with Crippen LogP contribution in [0.3, 0.4) is 0 Å². The van der Waals surface area contributed by atoms with Crippen LogP contribution in [-0.2, 0) is 9.59 Å². The first-order chi connectivity index (χ1) is 9.84. The summed E-state index contributed by atoms with van der Waals surface area (Å²) in [5.74, 6) is 0.844. The van der Waals surface area contributed by atoms with Crippen molar-refractivity contribution in [1.82, 2.24) is 15.5 Å². The maximum Gasteiger partial charge on any atom is 0.225 e. The van der Waals surface area contributed by atoms with Gasteiger partial charge in [0.15, 0.2) is 0 Å². The van der Waals surface area contributed by atoms with Crippen molar-refractivity contribution in [2.45, 2.75) is 46.5 Å². The van der Waals surface area contributed by atoms with Crippen LogP contribution in [0.5, 0.6) is 0 Å². The second kappa shape index (κ2) is 8.37. The highest BCUT2D eigenvalue weighted by Crippen LogP contribution is 2.17. The molecule has 2 N–H and O–H groups in total. The number of carbonyl (C=O) groups excluding carboxylic acids is 2. The molecular formula is C16H31N3O2. The minimum absolute atomic E-state index is 0.0435.